The molecule has 2 atom stereocenters. The highest BCUT2D eigenvalue weighted by Gasteiger charge is 2.41. The van der Waals surface area contributed by atoms with Crippen LogP contribution in [0.1, 0.15) is 22.9 Å². The summed E-state index contributed by atoms with van der Waals surface area (Å²) in [5.74, 6) is 0. The van der Waals surface area contributed by atoms with E-state index in [1.54, 1.807) is 6.26 Å². The second kappa shape index (κ2) is 5.67. The van der Waals surface area contributed by atoms with E-state index in [2.05, 4.69) is 5.32 Å². The van der Waals surface area contributed by atoms with E-state index < -0.39 is 34.1 Å². The van der Waals surface area contributed by atoms with E-state index in [1.165, 1.54) is 11.8 Å². The SMILES string of the molecule is CSC1NC(O)c2cc(C(F)(F)F)c(C)c([N+](=O)[O-])c2S1. The van der Waals surface area contributed by atoms with Gasteiger partial charge in [-0.05, 0) is 19.2 Å². The highest BCUT2D eigenvalue weighted by molar-refractivity contribution is 8.16. The lowest BCUT2D eigenvalue weighted by molar-refractivity contribution is -0.388. The monoisotopic (exact) mass is 340 g/mol. The van der Waals surface area contributed by atoms with Crippen molar-refractivity contribution in [3.05, 3.63) is 32.9 Å². The summed E-state index contributed by atoms with van der Waals surface area (Å²) >= 11 is 2.33. The number of hydrogen-bond acceptors (Lipinski definition) is 6. The van der Waals surface area contributed by atoms with Crippen molar-refractivity contribution in [3.8, 4) is 0 Å². The van der Waals surface area contributed by atoms with Crippen molar-refractivity contribution in [1.29, 1.82) is 0 Å². The van der Waals surface area contributed by atoms with Gasteiger partial charge in [-0.1, -0.05) is 11.8 Å². The van der Waals surface area contributed by atoms with Crippen LogP contribution in [-0.4, -0.2) is 21.0 Å². The topological polar surface area (TPSA) is 75.4 Å². The van der Waals surface area contributed by atoms with Gasteiger partial charge in [-0.15, -0.1) is 11.8 Å². The van der Waals surface area contributed by atoms with E-state index in [0.29, 0.717) is 0 Å². The van der Waals surface area contributed by atoms with Crippen LogP contribution < -0.4 is 5.32 Å². The third-order valence-electron chi connectivity index (χ3n) is 3.05. The average Bonchev–Trinajstić information content (AvgIpc) is 2.35. The van der Waals surface area contributed by atoms with Crippen molar-refractivity contribution >= 4 is 29.2 Å². The van der Waals surface area contributed by atoms with E-state index in [-0.39, 0.29) is 15.2 Å². The predicted molar refractivity (Wildman–Crippen MR) is 74.1 cm³/mol. The highest BCUT2D eigenvalue weighted by atomic mass is 32.2. The van der Waals surface area contributed by atoms with Gasteiger partial charge in [0.25, 0.3) is 5.69 Å². The minimum absolute atomic E-state index is 0.0797. The first-order valence-electron chi connectivity index (χ1n) is 5.69. The minimum Gasteiger partial charge on any atom is -0.374 e. The molecule has 0 aromatic heterocycles. The molecule has 1 heterocycles. The number of hydrogen-bond donors (Lipinski definition) is 2. The third kappa shape index (κ3) is 2.98. The molecule has 1 aromatic carbocycles. The number of benzene rings is 1. The molecule has 1 aliphatic heterocycles. The number of alkyl halides is 3. The fraction of sp³-hybridized carbons (Fsp3) is 0.455. The van der Waals surface area contributed by atoms with Gasteiger partial charge in [-0.25, -0.2) is 0 Å². The zero-order valence-electron chi connectivity index (χ0n) is 10.9. The maximum absolute atomic E-state index is 13.0. The quantitative estimate of drug-likeness (QED) is 0.636. The van der Waals surface area contributed by atoms with Crippen LogP contribution in [0.3, 0.4) is 0 Å². The van der Waals surface area contributed by atoms with Crippen molar-refractivity contribution in [2.45, 2.75) is 28.9 Å². The molecule has 2 rings (SSSR count). The average molecular weight is 340 g/mol. The first-order valence-corrected chi connectivity index (χ1v) is 7.86. The van der Waals surface area contributed by atoms with Crippen LogP contribution in [0.15, 0.2) is 11.0 Å². The molecule has 2 N–H and O–H groups in total. The van der Waals surface area contributed by atoms with Crippen LogP contribution in [0.25, 0.3) is 0 Å². The summed E-state index contributed by atoms with van der Waals surface area (Å²) in [5.41, 5.74) is -2.25. The Hall–Kier alpha value is -0.970. The molecule has 0 saturated heterocycles. The molecular weight excluding hydrogens is 329 g/mol. The van der Waals surface area contributed by atoms with Gasteiger partial charge >= 0.3 is 6.18 Å². The Bertz CT molecular complexity index is 595. The molecule has 10 heteroatoms. The zero-order chi connectivity index (χ0) is 15.9. The Labute approximate surface area is 126 Å². The largest absolute Gasteiger partial charge is 0.416 e. The van der Waals surface area contributed by atoms with Crippen molar-refractivity contribution < 1.29 is 23.2 Å². The summed E-state index contributed by atoms with van der Waals surface area (Å²) in [6, 6.07) is 0.777. The number of aliphatic hydroxyl groups is 1. The van der Waals surface area contributed by atoms with Gasteiger partial charge in [0.1, 0.15) is 10.9 Å². The molecular formula is C11H11F3N2O3S2. The summed E-state index contributed by atoms with van der Waals surface area (Å²) in [7, 11) is 0. The number of halogens is 3. The van der Waals surface area contributed by atoms with E-state index >= 15 is 0 Å². The van der Waals surface area contributed by atoms with Gasteiger partial charge in [0.05, 0.1) is 15.4 Å². The second-order valence-corrected chi connectivity index (χ2v) is 6.68. The Morgan fingerprint density at radius 2 is 2.14 bits per heavy atom. The van der Waals surface area contributed by atoms with Gasteiger partial charge < -0.3 is 5.11 Å². The number of thioether (sulfide) groups is 2. The minimum atomic E-state index is -4.72. The molecule has 0 fully saturated rings. The Morgan fingerprint density at radius 1 is 1.52 bits per heavy atom. The van der Waals surface area contributed by atoms with Crippen LogP contribution in [0.4, 0.5) is 18.9 Å². The molecule has 0 bridgehead atoms. The van der Waals surface area contributed by atoms with Gasteiger partial charge in [0.15, 0.2) is 0 Å². The molecule has 2 unspecified atom stereocenters. The number of nitrogens with zero attached hydrogens (tertiary/aromatic N) is 1. The first-order chi connectivity index (χ1) is 9.66. The van der Waals surface area contributed by atoms with Gasteiger partial charge in [-0.2, -0.15) is 13.2 Å². The van der Waals surface area contributed by atoms with E-state index in [4.69, 9.17) is 0 Å². The van der Waals surface area contributed by atoms with Crippen LogP contribution in [0.5, 0.6) is 0 Å². The summed E-state index contributed by atoms with van der Waals surface area (Å²) in [5, 5.41) is 23.8. The fourth-order valence-electron chi connectivity index (χ4n) is 2.08. The van der Waals surface area contributed by atoms with Crippen molar-refractivity contribution in [1.82, 2.24) is 5.32 Å². The van der Waals surface area contributed by atoms with Crippen LogP contribution in [-0.2, 0) is 6.18 Å². The van der Waals surface area contributed by atoms with E-state index in [9.17, 15) is 28.4 Å². The maximum atomic E-state index is 13.0. The summed E-state index contributed by atoms with van der Waals surface area (Å²) in [4.78, 5) is 10.4. The normalized spacial score (nSPS) is 22.0. The number of aliphatic hydroxyl groups excluding tert-OH is 1. The number of fused-ring (bicyclic) bond motifs is 1. The van der Waals surface area contributed by atoms with Crippen LogP contribution in [0.2, 0.25) is 0 Å². The number of nitrogens with one attached hydrogen (secondary N) is 1. The molecule has 1 aliphatic rings. The predicted octanol–water partition coefficient (Wildman–Crippen LogP) is 3.25. The number of rotatable bonds is 2. The summed E-state index contributed by atoms with van der Waals surface area (Å²) < 4.78 is 38.6. The van der Waals surface area contributed by atoms with Gasteiger partial charge in [0, 0.05) is 11.1 Å². The molecule has 0 amide bonds. The Morgan fingerprint density at radius 3 is 2.62 bits per heavy atom. The highest BCUT2D eigenvalue weighted by Crippen LogP contribution is 2.48. The standard InChI is InChI=1S/C11H11F3N2O3S2/c1-4-6(11(12,13)14)3-5-8(7(4)16(18)19)21-10(20-2)15-9(5)17/h3,9-10,15,17H,1-2H3. The molecule has 0 saturated carbocycles. The van der Waals surface area contributed by atoms with Crippen LogP contribution in [0, 0.1) is 17.0 Å². The first kappa shape index (κ1) is 16.4. The molecule has 21 heavy (non-hydrogen) atoms. The Balaban J connectivity index is 2.73. The molecule has 1 aromatic rings. The zero-order valence-corrected chi connectivity index (χ0v) is 12.5. The van der Waals surface area contributed by atoms with Gasteiger partial charge in [0.2, 0.25) is 0 Å². The van der Waals surface area contributed by atoms with Crippen LogP contribution >= 0.6 is 23.5 Å². The number of nitro benzene ring substituents is 1. The third-order valence-corrected chi connectivity index (χ3v) is 5.50. The Kier molecular flexibility index (Phi) is 4.43. The lowest BCUT2D eigenvalue weighted by Gasteiger charge is -2.29. The molecule has 0 spiro atoms. The molecule has 5 nitrogen and oxygen atoms in total. The summed E-state index contributed by atoms with van der Waals surface area (Å²) in [6.07, 6.45) is -4.37. The molecule has 0 aliphatic carbocycles. The lowest BCUT2D eigenvalue weighted by atomic mass is 10.0. The van der Waals surface area contributed by atoms with E-state index in [0.717, 1.165) is 24.8 Å². The van der Waals surface area contributed by atoms with Gasteiger partial charge in [-0.3, -0.25) is 15.4 Å². The van der Waals surface area contributed by atoms with Crippen molar-refractivity contribution in [2.24, 2.45) is 0 Å². The van der Waals surface area contributed by atoms with Crippen molar-refractivity contribution in [2.75, 3.05) is 6.26 Å². The number of nitro groups is 1. The molecule has 0 radical (unpaired) electrons. The molecule has 116 valence electrons. The van der Waals surface area contributed by atoms with E-state index in [1.807, 2.05) is 0 Å². The van der Waals surface area contributed by atoms with Crippen molar-refractivity contribution in [3.63, 3.8) is 0 Å². The lowest BCUT2D eigenvalue weighted by Crippen LogP contribution is -2.32. The maximum Gasteiger partial charge on any atom is 0.416 e. The smallest absolute Gasteiger partial charge is 0.374 e. The summed E-state index contributed by atoms with van der Waals surface area (Å²) in [6.45, 7) is 1.07. The second-order valence-electron chi connectivity index (χ2n) is 4.33. The fourth-order valence-corrected chi connectivity index (χ4v) is 4.08.